The zero-order valence-corrected chi connectivity index (χ0v) is 24.3. The van der Waals surface area contributed by atoms with Crippen molar-refractivity contribution >= 4 is 11.6 Å². The number of phenols is 1. The van der Waals surface area contributed by atoms with Crippen molar-refractivity contribution in [2.45, 2.75) is 162 Å². The third-order valence-corrected chi connectivity index (χ3v) is 7.02. The summed E-state index contributed by atoms with van der Waals surface area (Å²) in [7, 11) is 0. The first kappa shape index (κ1) is 31.5. The molecule has 0 fully saturated rings. The SMILES string of the molecule is CCCCCCCCCCCCCCCCCC(=O)Nc1ccc(C(C)(C)C)c(O)c1C(C)(C)C. The van der Waals surface area contributed by atoms with Crippen LogP contribution >= 0.6 is 0 Å². The monoisotopic (exact) mass is 487 g/mol. The summed E-state index contributed by atoms with van der Waals surface area (Å²) < 4.78 is 0. The Morgan fingerprint density at radius 2 is 1.11 bits per heavy atom. The zero-order valence-electron chi connectivity index (χ0n) is 24.3. The largest absolute Gasteiger partial charge is 0.507 e. The predicted molar refractivity (Wildman–Crippen MR) is 154 cm³/mol. The summed E-state index contributed by atoms with van der Waals surface area (Å²) in [5, 5.41) is 14.1. The summed E-state index contributed by atoms with van der Waals surface area (Å²) in [6, 6.07) is 3.92. The minimum atomic E-state index is -0.261. The average Bonchev–Trinajstić information content (AvgIpc) is 2.74. The molecule has 35 heavy (non-hydrogen) atoms. The van der Waals surface area contributed by atoms with Gasteiger partial charge in [0.2, 0.25) is 5.91 Å². The van der Waals surface area contributed by atoms with Gasteiger partial charge in [-0.2, -0.15) is 0 Å². The maximum absolute atomic E-state index is 12.6. The summed E-state index contributed by atoms with van der Waals surface area (Å²) in [4.78, 5) is 12.6. The van der Waals surface area contributed by atoms with Crippen LogP contribution in [0.4, 0.5) is 5.69 Å². The standard InChI is InChI=1S/C32H57NO2/c1-8-9-10-11-12-13-14-15-16-17-18-19-20-21-22-23-28(34)33-27-25-24-26(31(2,3)4)30(35)29(27)32(5,6)7/h24-25,35H,8-23H2,1-7H3,(H,33,34). The van der Waals surface area contributed by atoms with Crippen molar-refractivity contribution in [3.63, 3.8) is 0 Å². The van der Waals surface area contributed by atoms with Gasteiger partial charge in [0.15, 0.2) is 0 Å². The van der Waals surface area contributed by atoms with Gasteiger partial charge in [-0.05, 0) is 28.9 Å². The first-order valence-corrected chi connectivity index (χ1v) is 14.6. The second-order valence-corrected chi connectivity index (χ2v) is 12.6. The zero-order chi connectivity index (χ0) is 26.3. The van der Waals surface area contributed by atoms with Crippen LogP contribution in [0.2, 0.25) is 0 Å². The number of phenolic OH excluding ortho intramolecular Hbond substituents is 1. The van der Waals surface area contributed by atoms with E-state index in [-0.39, 0.29) is 16.7 Å². The van der Waals surface area contributed by atoms with Crippen LogP contribution < -0.4 is 5.32 Å². The van der Waals surface area contributed by atoms with E-state index in [0.29, 0.717) is 12.2 Å². The van der Waals surface area contributed by atoms with Crippen LogP contribution in [0.25, 0.3) is 0 Å². The molecule has 0 radical (unpaired) electrons. The lowest BCUT2D eigenvalue weighted by Crippen LogP contribution is -2.21. The van der Waals surface area contributed by atoms with Gasteiger partial charge in [0.25, 0.3) is 0 Å². The van der Waals surface area contributed by atoms with Crippen LogP contribution in [0.3, 0.4) is 0 Å². The molecule has 0 aromatic heterocycles. The van der Waals surface area contributed by atoms with E-state index in [1.165, 1.54) is 83.5 Å². The smallest absolute Gasteiger partial charge is 0.224 e. The molecule has 202 valence electrons. The molecule has 3 heteroatoms. The highest BCUT2D eigenvalue weighted by Gasteiger charge is 2.28. The molecule has 0 bridgehead atoms. The van der Waals surface area contributed by atoms with Gasteiger partial charge in [0.1, 0.15) is 5.75 Å². The van der Waals surface area contributed by atoms with Crippen molar-refractivity contribution in [1.82, 2.24) is 0 Å². The van der Waals surface area contributed by atoms with Crippen LogP contribution in [-0.4, -0.2) is 11.0 Å². The summed E-state index contributed by atoms with van der Waals surface area (Å²) >= 11 is 0. The third kappa shape index (κ3) is 12.8. The van der Waals surface area contributed by atoms with Gasteiger partial charge in [0, 0.05) is 17.7 Å². The second-order valence-electron chi connectivity index (χ2n) is 12.6. The van der Waals surface area contributed by atoms with Crippen molar-refractivity contribution in [1.29, 1.82) is 0 Å². The number of aromatic hydroxyl groups is 1. The number of unbranched alkanes of at least 4 members (excludes halogenated alkanes) is 14. The Bertz CT molecular complexity index is 724. The van der Waals surface area contributed by atoms with Crippen LogP contribution in [0.1, 0.15) is 162 Å². The number of hydrogen-bond donors (Lipinski definition) is 2. The molecule has 2 N–H and O–H groups in total. The van der Waals surface area contributed by atoms with Crippen molar-refractivity contribution in [3.05, 3.63) is 23.3 Å². The van der Waals surface area contributed by atoms with E-state index < -0.39 is 0 Å². The minimum absolute atomic E-state index is 0.0492. The molecule has 3 nitrogen and oxygen atoms in total. The molecular weight excluding hydrogens is 430 g/mol. The van der Waals surface area contributed by atoms with Gasteiger partial charge in [0.05, 0.1) is 0 Å². The first-order valence-electron chi connectivity index (χ1n) is 14.6. The van der Waals surface area contributed by atoms with Crippen LogP contribution in [0.5, 0.6) is 5.75 Å². The Morgan fingerprint density at radius 3 is 1.51 bits per heavy atom. The van der Waals surface area contributed by atoms with E-state index in [1.807, 2.05) is 12.1 Å². The molecule has 0 aliphatic heterocycles. The first-order chi connectivity index (χ1) is 16.5. The Morgan fingerprint density at radius 1 is 0.686 bits per heavy atom. The van der Waals surface area contributed by atoms with Crippen molar-refractivity contribution in [3.8, 4) is 5.75 Å². The van der Waals surface area contributed by atoms with E-state index in [0.717, 1.165) is 29.7 Å². The fraction of sp³-hybridized carbons (Fsp3) is 0.781. The number of amides is 1. The van der Waals surface area contributed by atoms with E-state index >= 15 is 0 Å². The molecule has 1 rings (SSSR count). The minimum Gasteiger partial charge on any atom is -0.507 e. The number of carbonyl (C=O) groups is 1. The molecule has 0 aliphatic rings. The molecule has 0 saturated heterocycles. The topological polar surface area (TPSA) is 49.3 Å². The maximum atomic E-state index is 12.6. The molecule has 0 atom stereocenters. The summed E-state index contributed by atoms with van der Waals surface area (Å²) in [6.07, 6.45) is 20.4. The normalized spacial score (nSPS) is 12.2. The molecule has 0 aliphatic carbocycles. The van der Waals surface area contributed by atoms with E-state index in [4.69, 9.17) is 0 Å². The molecule has 1 aromatic rings. The highest BCUT2D eigenvalue weighted by atomic mass is 16.3. The number of benzene rings is 1. The summed E-state index contributed by atoms with van der Waals surface area (Å²) in [5.41, 5.74) is 2.08. The molecule has 1 amide bonds. The molecule has 0 heterocycles. The number of carbonyl (C=O) groups excluding carboxylic acids is 1. The van der Waals surface area contributed by atoms with Gasteiger partial charge in [-0.3, -0.25) is 4.79 Å². The Balaban J connectivity index is 2.25. The lowest BCUT2D eigenvalue weighted by molar-refractivity contribution is -0.116. The van der Waals surface area contributed by atoms with Gasteiger partial charge < -0.3 is 10.4 Å². The Hall–Kier alpha value is -1.51. The summed E-state index contributed by atoms with van der Waals surface area (Å²) in [5.74, 6) is 0.364. The van der Waals surface area contributed by atoms with Gasteiger partial charge in [-0.25, -0.2) is 0 Å². The number of rotatable bonds is 17. The van der Waals surface area contributed by atoms with E-state index in [9.17, 15) is 9.90 Å². The van der Waals surface area contributed by atoms with Crippen molar-refractivity contribution in [2.75, 3.05) is 5.32 Å². The lowest BCUT2D eigenvalue weighted by Gasteiger charge is -2.29. The van der Waals surface area contributed by atoms with Crippen molar-refractivity contribution < 1.29 is 9.90 Å². The number of nitrogens with one attached hydrogen (secondary N) is 1. The van der Waals surface area contributed by atoms with Gasteiger partial charge in [-0.15, -0.1) is 0 Å². The number of anilines is 1. The molecule has 1 aromatic carbocycles. The molecular formula is C32H57NO2. The van der Waals surface area contributed by atoms with Crippen LogP contribution in [-0.2, 0) is 15.6 Å². The highest BCUT2D eigenvalue weighted by Crippen LogP contribution is 2.43. The summed E-state index contributed by atoms with van der Waals surface area (Å²) in [6.45, 7) is 14.8. The van der Waals surface area contributed by atoms with E-state index in [2.05, 4.69) is 53.8 Å². The Labute approximate surface area is 217 Å². The second kappa shape index (κ2) is 16.3. The Kier molecular flexibility index (Phi) is 14.7. The van der Waals surface area contributed by atoms with Crippen molar-refractivity contribution in [2.24, 2.45) is 0 Å². The van der Waals surface area contributed by atoms with E-state index in [1.54, 1.807) is 0 Å². The van der Waals surface area contributed by atoms with Gasteiger partial charge in [-0.1, -0.05) is 144 Å². The maximum Gasteiger partial charge on any atom is 0.224 e. The molecule has 0 spiro atoms. The third-order valence-electron chi connectivity index (χ3n) is 7.02. The fourth-order valence-electron chi connectivity index (χ4n) is 4.93. The lowest BCUT2D eigenvalue weighted by atomic mass is 9.78. The predicted octanol–water partition coefficient (Wildman–Crippen LogP) is 10.2. The average molecular weight is 488 g/mol. The molecule has 0 unspecified atom stereocenters. The fourth-order valence-corrected chi connectivity index (χ4v) is 4.93. The van der Waals surface area contributed by atoms with Crippen LogP contribution in [0.15, 0.2) is 12.1 Å². The quantitative estimate of drug-likeness (QED) is 0.215. The molecule has 0 saturated carbocycles. The number of hydrogen-bond acceptors (Lipinski definition) is 2. The van der Waals surface area contributed by atoms with Gasteiger partial charge >= 0.3 is 0 Å². The van der Waals surface area contributed by atoms with Crippen LogP contribution in [0, 0.1) is 0 Å². The highest BCUT2D eigenvalue weighted by molar-refractivity contribution is 5.92.